The van der Waals surface area contributed by atoms with Gasteiger partial charge in [-0.25, -0.2) is 4.98 Å². The number of carboxylic acids is 2. The summed E-state index contributed by atoms with van der Waals surface area (Å²) < 4.78 is 0. The van der Waals surface area contributed by atoms with Crippen LogP contribution in [0.25, 0.3) is 0 Å². The lowest BCUT2D eigenvalue weighted by atomic mass is 9.96. The van der Waals surface area contributed by atoms with E-state index >= 15 is 9.59 Å². The monoisotopic (exact) mass is 1980 g/mol. The van der Waals surface area contributed by atoms with Crippen LogP contribution in [0, 0.1) is 28.6 Å². The van der Waals surface area contributed by atoms with Crippen molar-refractivity contribution in [2.45, 2.75) is 288 Å². The number of imidazole rings is 1. The lowest BCUT2D eigenvalue weighted by molar-refractivity contribution is -0.145. The van der Waals surface area contributed by atoms with Crippen molar-refractivity contribution in [2.24, 2.45) is 40.7 Å². The number of primary amides is 1. The first-order chi connectivity index (χ1) is 66.2. The molecule has 0 bridgehead atoms. The fraction of sp³-hybridized carbons (Fsp3) is 0.604. The molecule has 1 aromatic heterocycles. The lowest BCUT2D eigenvalue weighted by Gasteiger charge is -2.33. The number of phenolic OH excluding ortho intramolecular Hbond substituents is 1. The number of carbonyl (C=O) groups is 19. The fourth-order valence-corrected chi connectivity index (χ4v) is 16.3. The molecule has 48 nitrogen and oxygen atoms in total. The summed E-state index contributed by atoms with van der Waals surface area (Å²) in [4.78, 5) is 274. The first-order valence-corrected chi connectivity index (χ1v) is 48.2. The Hall–Kier alpha value is -13.8. The quantitative estimate of drug-likeness (QED) is 0.0145. The summed E-state index contributed by atoms with van der Waals surface area (Å²) in [6.45, 7) is 15.7. The second kappa shape index (κ2) is 59.5. The van der Waals surface area contributed by atoms with Gasteiger partial charge >= 0.3 is 11.9 Å². The Balaban J connectivity index is 1.32. The molecular weight excluding hydrogens is 1840 g/mol. The van der Waals surface area contributed by atoms with E-state index in [0.29, 0.717) is 36.1 Å². The number of unbranched alkanes of at least 4 members (excludes halogenated alkanes) is 1. The summed E-state index contributed by atoms with van der Waals surface area (Å²) in [5.41, 5.74) is 23.7. The molecule has 5 rings (SSSR count). The third-order valence-corrected chi connectivity index (χ3v) is 24.7. The number of carboxylic acid groups (broad SMARTS) is 2. The number of H-pyrrole nitrogens is 1. The van der Waals surface area contributed by atoms with Crippen molar-refractivity contribution >= 4 is 136 Å². The molecule has 3 heterocycles. The minimum absolute atomic E-state index is 0.00489. The summed E-state index contributed by atoms with van der Waals surface area (Å²) in [5.74, 6) is -19.7. The number of hydrogen-bond donors (Lipinski definition) is 26. The SMILES string of the molecule is CC[C@H](C)[C@H](NC(=O)[C@H](Cc1ccc(O)cc1)NC(=O)[C@H](C)NC(=O)[C@H](Cc1ccccc1)NC(=O)[C@H](CSCC(=O)O)NC(C)=O)C(=O)N[C@@H](C)C(=O)N[C@@H](CCCNC(=N)N)C(=O)N1CCC[C@H]1C(=O)N[C@@H](CC(C)C)C(=O)N1CCC[C@H]1C(=O)N[C@@H](CCCNC(=N)N)C(=O)N[C@@H](C)C(=O)N[C@@H](Cc1cnc[nH]1)C(=O)N[C@H](C(=O)N[C@@H](CCCCN)C(=O)N[C@@H](CCC(=O)O)C(N)=O)[C@@H](C)CC. The van der Waals surface area contributed by atoms with E-state index in [0.717, 1.165) is 18.7 Å². The van der Waals surface area contributed by atoms with Crippen LogP contribution in [0.1, 0.15) is 189 Å². The number of amides is 17. The number of likely N-dealkylation sites (tertiary alicyclic amines) is 2. The minimum Gasteiger partial charge on any atom is -0.508 e. The third kappa shape index (κ3) is 40.0. The van der Waals surface area contributed by atoms with E-state index < -0.39 is 245 Å². The first-order valence-electron chi connectivity index (χ1n) is 47.0. The van der Waals surface area contributed by atoms with Gasteiger partial charge in [0, 0.05) is 76.4 Å². The number of nitrogens with two attached hydrogens (primary N) is 4. The van der Waals surface area contributed by atoms with E-state index in [2.05, 4.69) is 95.0 Å². The molecule has 2 aromatic carbocycles. The first kappa shape index (κ1) is 117. The second-order valence-corrected chi connectivity index (χ2v) is 36.6. The average Bonchev–Trinajstić information content (AvgIpc) is 1.65. The number of guanidine groups is 2. The zero-order valence-electron chi connectivity index (χ0n) is 80.9. The van der Waals surface area contributed by atoms with Gasteiger partial charge in [0.2, 0.25) is 100 Å². The van der Waals surface area contributed by atoms with Crippen molar-refractivity contribution in [3.8, 4) is 5.75 Å². The van der Waals surface area contributed by atoms with Crippen LogP contribution in [0.2, 0.25) is 0 Å². The second-order valence-electron chi connectivity index (χ2n) is 35.5. The number of aliphatic carboxylic acids is 2. The third-order valence-electron chi connectivity index (χ3n) is 23.7. The van der Waals surface area contributed by atoms with E-state index in [9.17, 15) is 96.8 Å². The summed E-state index contributed by atoms with van der Waals surface area (Å²) in [6.07, 6.45) is 3.29. The van der Waals surface area contributed by atoms with Gasteiger partial charge in [0.25, 0.3) is 0 Å². The zero-order chi connectivity index (χ0) is 104. The number of thioether (sulfide) groups is 1. The van der Waals surface area contributed by atoms with Crippen LogP contribution in [0.5, 0.6) is 5.75 Å². The van der Waals surface area contributed by atoms with Gasteiger partial charge in [-0.15, -0.1) is 11.8 Å². The van der Waals surface area contributed by atoms with Crippen LogP contribution in [-0.2, 0) is 110 Å². The molecule has 0 radical (unpaired) electrons. The van der Waals surface area contributed by atoms with Crippen LogP contribution in [0.15, 0.2) is 67.1 Å². The van der Waals surface area contributed by atoms with E-state index in [1.807, 2.05) is 0 Å². The molecule has 30 N–H and O–H groups in total. The Morgan fingerprint density at radius 3 is 1.34 bits per heavy atom. The molecule has 18 atom stereocenters. The summed E-state index contributed by atoms with van der Waals surface area (Å²) in [5, 5.41) is 86.4. The maximum Gasteiger partial charge on any atom is 0.313 e. The molecule has 0 spiro atoms. The highest BCUT2D eigenvalue weighted by atomic mass is 32.2. The van der Waals surface area contributed by atoms with Gasteiger partial charge in [-0.05, 0) is 152 Å². The Labute approximate surface area is 816 Å². The normalized spacial score (nSPS) is 16.7. The van der Waals surface area contributed by atoms with Crippen LogP contribution in [0.3, 0.4) is 0 Å². The number of phenols is 1. The van der Waals surface area contributed by atoms with Crippen molar-refractivity contribution in [3.63, 3.8) is 0 Å². The van der Waals surface area contributed by atoms with Crippen LogP contribution in [0.4, 0.5) is 0 Å². The molecule has 2 saturated heterocycles. The standard InChI is InChI=1S/C91H142N26O22S/c1-11-49(5)72(114-81(131)64(42-56-29-31-58(119)32-30-56)110-76(126)52(8)103-80(130)63(41-55-22-14-13-15-23-55)112-83(133)67(105-54(10)118)45-140-46-71(122)123)86(136)104-53(9)75(125)109-62(26-19-37-100-91(96)97)88(138)116-38-20-28-69(116)85(135)113-66(40-48(3)4)89(139)117-39-21-27-68(117)84(134)107-61(25-18-36-99-90(94)95)78(128)102-51(7)77(127)111-65(43-57-44-98-47-101-57)82(132)115-73(50(6)12-2)87(137)108-60(24-16-17-35-92)79(129)106-59(74(93)124)33-34-70(120)121/h13-15,22-23,29-32,44,47-53,59-69,72-73,119H,11-12,16-21,24-28,33-43,45-46,92H2,1-10H3,(H2,93,124)(H,98,101)(H,102,128)(H,103,130)(H,104,136)(H,105,118)(H,106,129)(H,107,134)(H,108,137)(H,109,125)(H,110,126)(H,111,127)(H,112,133)(H,113,135)(H,114,131)(H,115,132)(H,120,121)(H,122,123)(H4,94,95,99)(H4,96,97,100)/t49-,50-,51-,52-,53-,59-,60-,61-,62-,63-,64-,65-,66-,67-,68-,69-,72-,73-/m0/s1. The zero-order valence-corrected chi connectivity index (χ0v) is 81.7. The highest BCUT2D eigenvalue weighted by Gasteiger charge is 2.45. The summed E-state index contributed by atoms with van der Waals surface area (Å²) in [7, 11) is 0. The lowest BCUT2D eigenvalue weighted by Crippen LogP contribution is -2.61. The number of carbonyl (C=O) groups excluding carboxylic acids is 17. The molecule has 49 heteroatoms. The number of aromatic nitrogens is 2. The van der Waals surface area contributed by atoms with Crippen LogP contribution in [-0.4, -0.2) is 300 Å². The van der Waals surface area contributed by atoms with Crippen LogP contribution >= 0.6 is 11.8 Å². The fourth-order valence-electron chi connectivity index (χ4n) is 15.5. The average molecular weight is 1980 g/mol. The van der Waals surface area contributed by atoms with Gasteiger partial charge < -0.3 is 138 Å². The maximum atomic E-state index is 15.1. The highest BCUT2D eigenvalue weighted by Crippen LogP contribution is 2.26. The van der Waals surface area contributed by atoms with E-state index in [1.54, 1.807) is 71.9 Å². The summed E-state index contributed by atoms with van der Waals surface area (Å²) >= 11 is 0.849. The molecule has 140 heavy (non-hydrogen) atoms. The topological polar surface area (TPSA) is 764 Å². The van der Waals surface area contributed by atoms with E-state index in [-0.39, 0.29) is 146 Å². The molecule has 17 amide bonds. The molecule has 0 aliphatic carbocycles. The van der Waals surface area contributed by atoms with Gasteiger partial charge in [0.15, 0.2) is 11.9 Å². The molecule has 3 aromatic rings. The molecule has 0 saturated carbocycles. The van der Waals surface area contributed by atoms with Gasteiger partial charge in [0.05, 0.1) is 12.1 Å². The number of nitrogens with one attached hydrogen (secondary N) is 19. The molecule has 2 aliphatic heterocycles. The minimum atomic E-state index is -1.50. The number of nitrogens with zero attached hydrogens (tertiary/aromatic N) is 3. The number of hydrogen-bond acceptors (Lipinski definition) is 25. The van der Waals surface area contributed by atoms with Gasteiger partial charge in [-0.2, -0.15) is 0 Å². The maximum absolute atomic E-state index is 15.1. The summed E-state index contributed by atoms with van der Waals surface area (Å²) in [6, 6.07) is -7.96. The number of rotatable bonds is 61. The molecule has 2 fully saturated rings. The molecular formula is C91H142N26O22S. The predicted octanol–water partition coefficient (Wildman–Crippen LogP) is -4.05. The number of benzene rings is 2. The Morgan fingerprint density at radius 1 is 0.464 bits per heavy atom. The largest absolute Gasteiger partial charge is 0.508 e. The molecule has 774 valence electrons. The Morgan fingerprint density at radius 2 is 0.879 bits per heavy atom. The highest BCUT2D eigenvalue weighted by molar-refractivity contribution is 8.00. The van der Waals surface area contributed by atoms with Crippen LogP contribution < -0.4 is 108 Å². The van der Waals surface area contributed by atoms with Crippen molar-refractivity contribution in [3.05, 3.63) is 83.9 Å². The van der Waals surface area contributed by atoms with Gasteiger partial charge in [-0.1, -0.05) is 96.8 Å². The van der Waals surface area contributed by atoms with Crippen molar-refractivity contribution < 1.29 is 106 Å². The van der Waals surface area contributed by atoms with Crippen molar-refractivity contribution in [1.29, 1.82) is 10.8 Å². The van der Waals surface area contributed by atoms with Gasteiger partial charge in [0.1, 0.15) is 102 Å². The van der Waals surface area contributed by atoms with Crippen molar-refractivity contribution in [2.75, 3.05) is 44.2 Å². The predicted molar refractivity (Wildman–Crippen MR) is 514 cm³/mol. The van der Waals surface area contributed by atoms with Gasteiger partial charge in [-0.3, -0.25) is 102 Å². The van der Waals surface area contributed by atoms with E-state index in [1.165, 1.54) is 67.4 Å². The number of aromatic amines is 1. The molecule has 0 unspecified atom stereocenters. The van der Waals surface area contributed by atoms with Crippen molar-refractivity contribution in [1.82, 2.24) is 105 Å². The smallest absolute Gasteiger partial charge is 0.313 e. The van der Waals surface area contributed by atoms with E-state index in [4.69, 9.17) is 33.8 Å². The number of aromatic hydroxyl groups is 1. The Bertz CT molecular complexity index is 4730. The molecule has 2 aliphatic rings. The Kier molecular flexibility index (Phi) is 49.6.